The van der Waals surface area contributed by atoms with Crippen LogP contribution in [0.15, 0.2) is 12.2 Å². The molecule has 13 heavy (non-hydrogen) atoms. The van der Waals surface area contributed by atoms with Crippen LogP contribution in [0.4, 0.5) is 0 Å². The number of ether oxygens (including phenoxy) is 1. The molecule has 0 bridgehead atoms. The second-order valence-electron chi connectivity index (χ2n) is 2.15. The lowest BCUT2D eigenvalue weighted by atomic mass is 10.4. The molecule has 0 atom stereocenters. The van der Waals surface area contributed by atoms with Crippen LogP contribution in [0.1, 0.15) is 6.92 Å². The fourth-order valence-electron chi connectivity index (χ4n) is 0.394. The average molecular weight is 209 g/mol. The zero-order valence-electron chi connectivity index (χ0n) is 6.98. The number of hydrogen-bond acceptors (Lipinski definition) is 6. The Labute approximate surface area is 77.5 Å². The monoisotopic (exact) mass is 209 g/mol. The predicted molar refractivity (Wildman–Crippen MR) is 41.6 cm³/mol. The van der Waals surface area contributed by atoms with Crippen LogP contribution in [0.2, 0.25) is 0 Å². The van der Waals surface area contributed by atoms with E-state index in [1.165, 1.54) is 6.92 Å². The quantitative estimate of drug-likeness (QED) is 0.364. The Hall–Kier alpha value is -0.600. The number of hydrogen-bond donors (Lipinski definition) is 0. The zero-order valence-corrected chi connectivity index (χ0v) is 7.80. The first-order chi connectivity index (χ1) is 5.83. The molecule has 0 saturated heterocycles. The maximum absolute atomic E-state index is 10.7. The molecule has 0 radical (unpaired) electrons. The van der Waals surface area contributed by atoms with Crippen LogP contribution in [0.5, 0.6) is 0 Å². The van der Waals surface area contributed by atoms with Gasteiger partial charge in [-0.25, -0.2) is 4.79 Å². The minimum absolute atomic E-state index is 0.185. The highest BCUT2D eigenvalue weighted by Crippen LogP contribution is 2.32. The van der Waals surface area contributed by atoms with Crippen LogP contribution in [0.25, 0.3) is 0 Å². The Morgan fingerprint density at radius 2 is 1.92 bits per heavy atom. The molecule has 0 spiro atoms. The van der Waals surface area contributed by atoms with Gasteiger partial charge in [-0.05, 0) is 6.92 Å². The summed E-state index contributed by atoms with van der Waals surface area (Å²) < 4.78 is 37.8. The van der Waals surface area contributed by atoms with E-state index in [0.717, 1.165) is 0 Å². The number of carbonyl (C=O) groups excluding carboxylic acids is 1. The van der Waals surface area contributed by atoms with Gasteiger partial charge in [-0.3, -0.25) is 0 Å². The summed E-state index contributed by atoms with van der Waals surface area (Å²) in [5, 5.41) is 0. The van der Waals surface area contributed by atoms with Crippen LogP contribution >= 0.6 is 11.2 Å². The first kappa shape index (κ1) is 12.4. The lowest BCUT2D eigenvalue weighted by Gasteiger charge is -2.61. The van der Waals surface area contributed by atoms with E-state index >= 15 is 0 Å². The summed E-state index contributed by atoms with van der Waals surface area (Å²) in [6.07, 6.45) is 0. The van der Waals surface area contributed by atoms with E-state index < -0.39 is 23.7 Å². The fraction of sp³-hybridized carbons (Fsp3) is 0.500. The standard InChI is InChI=1S/C6H12O6S/c1-5(2)6(7)11-3-4-12-13(8,9)10/h8-10H,1,3-4H2,2H3/p-3. The van der Waals surface area contributed by atoms with Crippen LogP contribution in [0, 0.1) is 0 Å². The largest absolute Gasteiger partial charge is 0.815 e. The van der Waals surface area contributed by atoms with Crippen LogP contribution in [0.3, 0.4) is 0 Å². The van der Waals surface area contributed by atoms with Gasteiger partial charge in [0.25, 0.3) is 0 Å². The molecule has 0 amide bonds. The van der Waals surface area contributed by atoms with Crippen molar-refractivity contribution in [2.75, 3.05) is 13.2 Å². The molecule has 0 fully saturated rings. The van der Waals surface area contributed by atoms with Crippen molar-refractivity contribution >= 4 is 17.1 Å². The van der Waals surface area contributed by atoms with Crippen molar-refractivity contribution in [3.63, 3.8) is 0 Å². The molecule has 0 aromatic heterocycles. The molecular weight excluding hydrogens is 200 g/mol. The Bertz CT molecular complexity index is 196. The highest BCUT2D eigenvalue weighted by molar-refractivity contribution is 8.14. The predicted octanol–water partition coefficient (Wildman–Crippen LogP) is 0.233. The fourth-order valence-corrected chi connectivity index (χ4v) is 0.666. The second-order valence-corrected chi connectivity index (χ2v) is 3.20. The molecule has 0 rings (SSSR count). The Morgan fingerprint density at radius 3 is 2.31 bits per heavy atom. The van der Waals surface area contributed by atoms with E-state index in [1.54, 1.807) is 0 Å². The molecule has 0 saturated carbocycles. The first-order valence-corrected chi connectivity index (χ1v) is 4.59. The van der Waals surface area contributed by atoms with Crippen LogP contribution in [-0.4, -0.2) is 32.8 Å². The van der Waals surface area contributed by atoms with Crippen molar-refractivity contribution in [2.45, 2.75) is 6.92 Å². The summed E-state index contributed by atoms with van der Waals surface area (Å²) in [7, 11) is 0. The topological polar surface area (TPSA) is 105 Å². The highest BCUT2D eigenvalue weighted by atomic mass is 32.3. The maximum Gasteiger partial charge on any atom is 0.333 e. The molecule has 0 unspecified atom stereocenters. The van der Waals surface area contributed by atoms with E-state index in [-0.39, 0.29) is 12.2 Å². The van der Waals surface area contributed by atoms with Gasteiger partial charge in [0, 0.05) is 5.57 Å². The van der Waals surface area contributed by atoms with Gasteiger partial charge in [0.1, 0.15) is 6.61 Å². The smallest absolute Gasteiger partial charge is 0.333 e. The van der Waals surface area contributed by atoms with Crippen molar-refractivity contribution in [2.24, 2.45) is 0 Å². The van der Waals surface area contributed by atoms with Gasteiger partial charge < -0.3 is 33.7 Å². The molecular formula is C6H9O6S-3. The van der Waals surface area contributed by atoms with E-state index in [2.05, 4.69) is 15.5 Å². The van der Waals surface area contributed by atoms with Crippen molar-refractivity contribution < 1.29 is 27.4 Å². The van der Waals surface area contributed by atoms with E-state index in [9.17, 15) is 18.5 Å². The van der Waals surface area contributed by atoms with E-state index in [4.69, 9.17) is 0 Å². The van der Waals surface area contributed by atoms with Crippen molar-refractivity contribution in [1.82, 2.24) is 0 Å². The molecule has 0 heterocycles. The van der Waals surface area contributed by atoms with Gasteiger partial charge in [-0.15, -0.1) is 0 Å². The number of rotatable bonds is 5. The summed E-state index contributed by atoms with van der Waals surface area (Å²) in [6, 6.07) is 0. The third-order valence-electron chi connectivity index (χ3n) is 0.893. The SMILES string of the molecule is C=C(C)C(=O)OCCOS([O-])([O-])[O-]. The first-order valence-electron chi connectivity index (χ1n) is 3.26. The third-order valence-corrected chi connectivity index (χ3v) is 1.35. The lowest BCUT2D eigenvalue weighted by Crippen LogP contribution is -2.12. The highest BCUT2D eigenvalue weighted by Gasteiger charge is 2.01. The molecule has 78 valence electrons. The number of carbonyl (C=O) groups is 1. The second kappa shape index (κ2) is 5.20. The van der Waals surface area contributed by atoms with Gasteiger partial charge in [0.05, 0.1) is 6.61 Å². The van der Waals surface area contributed by atoms with Crippen molar-refractivity contribution in [1.29, 1.82) is 0 Å². The van der Waals surface area contributed by atoms with E-state index in [1.807, 2.05) is 0 Å². The molecule has 0 aliphatic heterocycles. The number of esters is 1. The van der Waals surface area contributed by atoms with Gasteiger partial charge >= 0.3 is 5.97 Å². The minimum Gasteiger partial charge on any atom is -0.815 e. The summed E-state index contributed by atoms with van der Waals surface area (Å²) in [4.78, 5) is 10.7. The van der Waals surface area contributed by atoms with E-state index in [0.29, 0.717) is 0 Å². The molecule has 6 nitrogen and oxygen atoms in total. The Morgan fingerprint density at radius 1 is 1.38 bits per heavy atom. The maximum atomic E-state index is 10.7. The summed E-state index contributed by atoms with van der Waals surface area (Å²) in [6.45, 7) is 3.95. The van der Waals surface area contributed by atoms with Gasteiger partial charge in [-0.1, -0.05) is 6.58 Å². The zero-order chi connectivity index (χ0) is 10.5. The summed E-state index contributed by atoms with van der Waals surface area (Å²) >= 11 is -4.71. The van der Waals surface area contributed by atoms with Gasteiger partial charge in [-0.2, -0.15) is 0 Å². The minimum atomic E-state index is -4.71. The molecule has 0 aliphatic rings. The molecule has 0 N–H and O–H groups in total. The van der Waals surface area contributed by atoms with Gasteiger partial charge in [0.2, 0.25) is 0 Å². The normalized spacial score (nSPS) is 12.3. The Balaban J connectivity index is 3.47. The van der Waals surface area contributed by atoms with Crippen LogP contribution in [-0.2, 0) is 13.7 Å². The van der Waals surface area contributed by atoms with Crippen molar-refractivity contribution in [3.8, 4) is 0 Å². The van der Waals surface area contributed by atoms with Gasteiger partial charge in [0.15, 0.2) is 0 Å². The lowest BCUT2D eigenvalue weighted by molar-refractivity contribution is -0.139. The average Bonchev–Trinajstić information content (AvgIpc) is 1.95. The summed E-state index contributed by atoms with van der Waals surface area (Å²) in [5.41, 5.74) is 0.185. The Kier molecular flexibility index (Phi) is 4.96. The molecule has 0 aromatic rings. The molecule has 0 aromatic carbocycles. The van der Waals surface area contributed by atoms with Crippen LogP contribution < -0.4 is 0 Å². The molecule has 7 heteroatoms. The molecule has 0 aliphatic carbocycles. The summed E-state index contributed by atoms with van der Waals surface area (Å²) in [5.74, 6) is -0.660. The third kappa shape index (κ3) is 7.75. The van der Waals surface area contributed by atoms with Crippen molar-refractivity contribution in [3.05, 3.63) is 12.2 Å².